The molecule has 98 valence electrons. The Morgan fingerprint density at radius 2 is 2.17 bits per heavy atom. The van der Waals surface area contributed by atoms with Gasteiger partial charge in [-0.3, -0.25) is 5.10 Å². The average molecular weight is 263 g/mol. The Bertz CT molecular complexity index is 506. The molecule has 0 spiro atoms. The van der Waals surface area contributed by atoms with Gasteiger partial charge < -0.3 is 5.73 Å². The Morgan fingerprint density at radius 1 is 1.44 bits per heavy atom. The van der Waals surface area contributed by atoms with Crippen LogP contribution in [0.2, 0.25) is 0 Å². The van der Waals surface area contributed by atoms with Crippen LogP contribution in [0.15, 0.2) is 17.5 Å². The van der Waals surface area contributed by atoms with Gasteiger partial charge in [-0.15, -0.1) is 11.3 Å². The van der Waals surface area contributed by atoms with E-state index in [4.69, 9.17) is 5.73 Å². The minimum atomic E-state index is 0.284. The van der Waals surface area contributed by atoms with E-state index in [2.05, 4.69) is 49.3 Å². The van der Waals surface area contributed by atoms with E-state index in [9.17, 15) is 0 Å². The molecule has 2 rings (SSSR count). The van der Waals surface area contributed by atoms with Crippen molar-refractivity contribution in [2.24, 2.45) is 11.3 Å². The highest BCUT2D eigenvalue weighted by molar-refractivity contribution is 7.13. The first-order valence-corrected chi connectivity index (χ1v) is 7.14. The fourth-order valence-corrected chi connectivity index (χ4v) is 2.66. The third kappa shape index (κ3) is 2.58. The van der Waals surface area contributed by atoms with Gasteiger partial charge in [0.25, 0.3) is 0 Å². The Balaban J connectivity index is 2.31. The van der Waals surface area contributed by atoms with Crippen LogP contribution in [0.5, 0.6) is 0 Å². The number of nitrogens with two attached hydrogens (primary N) is 1. The van der Waals surface area contributed by atoms with Gasteiger partial charge in [-0.25, -0.2) is 0 Å². The summed E-state index contributed by atoms with van der Waals surface area (Å²) in [5.74, 6) is 1.17. The highest BCUT2D eigenvalue weighted by Gasteiger charge is 2.23. The maximum Gasteiger partial charge on any atom is 0.154 e. The summed E-state index contributed by atoms with van der Waals surface area (Å²) >= 11 is 1.70. The largest absolute Gasteiger partial charge is 0.382 e. The van der Waals surface area contributed by atoms with Crippen molar-refractivity contribution >= 4 is 17.2 Å². The molecule has 0 aliphatic heterocycles. The number of nitrogens with one attached hydrogen (secondary N) is 1. The van der Waals surface area contributed by atoms with Crippen molar-refractivity contribution in [1.82, 2.24) is 10.2 Å². The number of hydrogen-bond donors (Lipinski definition) is 2. The van der Waals surface area contributed by atoms with Gasteiger partial charge in [0, 0.05) is 10.6 Å². The lowest BCUT2D eigenvalue weighted by molar-refractivity contribution is 0.258. The molecule has 0 aliphatic rings. The van der Waals surface area contributed by atoms with E-state index < -0.39 is 0 Å². The molecule has 2 aromatic rings. The van der Waals surface area contributed by atoms with Crippen LogP contribution in [-0.4, -0.2) is 10.2 Å². The molecule has 3 nitrogen and oxygen atoms in total. The fraction of sp³-hybridized carbons (Fsp3) is 0.500. The van der Waals surface area contributed by atoms with Crippen LogP contribution in [0.3, 0.4) is 0 Å². The van der Waals surface area contributed by atoms with Crippen LogP contribution in [0.1, 0.15) is 33.4 Å². The summed E-state index contributed by atoms with van der Waals surface area (Å²) in [5, 5.41) is 9.33. The second-order valence-electron chi connectivity index (χ2n) is 5.91. The molecular weight excluding hydrogens is 242 g/mol. The normalized spacial score (nSPS) is 13.8. The molecule has 2 aromatic heterocycles. The Kier molecular flexibility index (Phi) is 3.48. The first-order chi connectivity index (χ1) is 8.39. The molecule has 0 aliphatic carbocycles. The molecule has 4 heteroatoms. The summed E-state index contributed by atoms with van der Waals surface area (Å²) in [7, 11) is 0. The van der Waals surface area contributed by atoms with E-state index in [1.165, 1.54) is 4.88 Å². The van der Waals surface area contributed by atoms with Crippen LogP contribution < -0.4 is 5.73 Å². The van der Waals surface area contributed by atoms with E-state index in [-0.39, 0.29) is 5.41 Å². The first-order valence-electron chi connectivity index (χ1n) is 6.26. The molecule has 1 atom stereocenters. The second kappa shape index (κ2) is 4.76. The van der Waals surface area contributed by atoms with E-state index in [1.807, 2.05) is 6.07 Å². The highest BCUT2D eigenvalue weighted by atomic mass is 32.1. The molecule has 0 saturated heterocycles. The summed E-state index contributed by atoms with van der Waals surface area (Å²) in [5.41, 5.74) is 8.50. The third-order valence-electron chi connectivity index (χ3n) is 3.63. The minimum absolute atomic E-state index is 0.284. The highest BCUT2D eigenvalue weighted by Crippen LogP contribution is 2.35. The van der Waals surface area contributed by atoms with Gasteiger partial charge in [-0.05, 0) is 29.2 Å². The van der Waals surface area contributed by atoms with Gasteiger partial charge in [0.05, 0.1) is 5.56 Å². The monoisotopic (exact) mass is 263 g/mol. The van der Waals surface area contributed by atoms with Gasteiger partial charge in [0.2, 0.25) is 0 Å². The molecule has 0 radical (unpaired) electrons. The first kappa shape index (κ1) is 13.1. The number of rotatable bonds is 3. The average Bonchev–Trinajstić information content (AvgIpc) is 2.86. The molecule has 2 heterocycles. The van der Waals surface area contributed by atoms with Crippen molar-refractivity contribution in [3.63, 3.8) is 0 Å². The predicted octanol–water partition coefficient (Wildman–Crippen LogP) is 3.95. The van der Waals surface area contributed by atoms with Crippen molar-refractivity contribution in [3.05, 3.63) is 23.2 Å². The van der Waals surface area contributed by atoms with Gasteiger partial charge >= 0.3 is 0 Å². The lowest BCUT2D eigenvalue weighted by Gasteiger charge is -2.27. The summed E-state index contributed by atoms with van der Waals surface area (Å²) in [6.45, 7) is 9.07. The summed E-state index contributed by atoms with van der Waals surface area (Å²) in [6, 6.07) is 4.14. The lowest BCUT2D eigenvalue weighted by Crippen LogP contribution is -2.19. The quantitative estimate of drug-likeness (QED) is 0.881. The zero-order valence-electron chi connectivity index (χ0n) is 11.4. The third-order valence-corrected chi connectivity index (χ3v) is 4.51. The smallest absolute Gasteiger partial charge is 0.154 e. The standard InChI is InChI=1S/C14H21N3S/c1-9(14(2,3)4)8-10-12(13(15)17-16-10)11-6-5-7-18-11/h5-7,9H,8H2,1-4H3,(H3,15,16,17). The maximum atomic E-state index is 5.98. The van der Waals surface area contributed by atoms with Crippen LogP contribution in [0.4, 0.5) is 5.82 Å². The summed E-state index contributed by atoms with van der Waals surface area (Å²) < 4.78 is 0. The maximum absolute atomic E-state index is 5.98. The molecule has 0 bridgehead atoms. The van der Waals surface area contributed by atoms with E-state index in [0.29, 0.717) is 11.7 Å². The van der Waals surface area contributed by atoms with Crippen molar-refractivity contribution in [1.29, 1.82) is 0 Å². The van der Waals surface area contributed by atoms with Gasteiger partial charge in [0.15, 0.2) is 5.82 Å². The van der Waals surface area contributed by atoms with Crippen molar-refractivity contribution in [3.8, 4) is 10.4 Å². The predicted molar refractivity (Wildman–Crippen MR) is 78.6 cm³/mol. The number of nitrogen functional groups attached to an aromatic ring is 1. The molecular formula is C14H21N3S. The van der Waals surface area contributed by atoms with Crippen LogP contribution >= 0.6 is 11.3 Å². The van der Waals surface area contributed by atoms with Gasteiger partial charge in [0.1, 0.15) is 0 Å². The van der Waals surface area contributed by atoms with Gasteiger partial charge in [-0.2, -0.15) is 5.10 Å². The van der Waals surface area contributed by atoms with Crippen LogP contribution in [-0.2, 0) is 6.42 Å². The number of thiophene rings is 1. The SMILES string of the molecule is CC(Cc1[nH]nc(N)c1-c1cccs1)C(C)(C)C. The number of aromatic nitrogens is 2. The number of H-pyrrole nitrogens is 1. The van der Waals surface area contributed by atoms with Gasteiger partial charge in [-0.1, -0.05) is 33.8 Å². The second-order valence-corrected chi connectivity index (χ2v) is 6.86. The molecule has 0 amide bonds. The Labute approximate surface area is 112 Å². The molecule has 0 saturated carbocycles. The molecule has 0 fully saturated rings. The lowest BCUT2D eigenvalue weighted by atomic mass is 9.79. The number of nitrogens with zero attached hydrogens (tertiary/aromatic N) is 1. The number of anilines is 1. The molecule has 0 aromatic carbocycles. The number of hydrogen-bond acceptors (Lipinski definition) is 3. The molecule has 1 unspecified atom stereocenters. The zero-order valence-corrected chi connectivity index (χ0v) is 12.3. The Morgan fingerprint density at radius 3 is 2.72 bits per heavy atom. The minimum Gasteiger partial charge on any atom is -0.382 e. The molecule has 18 heavy (non-hydrogen) atoms. The van der Waals surface area contributed by atoms with E-state index in [1.54, 1.807) is 11.3 Å². The van der Waals surface area contributed by atoms with Crippen LogP contribution in [0, 0.1) is 11.3 Å². The zero-order chi connectivity index (χ0) is 13.3. The topological polar surface area (TPSA) is 54.7 Å². The van der Waals surface area contributed by atoms with Crippen molar-refractivity contribution in [2.75, 3.05) is 5.73 Å². The Hall–Kier alpha value is -1.29. The van der Waals surface area contributed by atoms with Crippen molar-refractivity contribution in [2.45, 2.75) is 34.1 Å². The van der Waals surface area contributed by atoms with E-state index >= 15 is 0 Å². The summed E-state index contributed by atoms with van der Waals surface area (Å²) in [4.78, 5) is 1.19. The van der Waals surface area contributed by atoms with E-state index in [0.717, 1.165) is 17.7 Å². The molecule has 3 N–H and O–H groups in total. The summed E-state index contributed by atoms with van der Waals surface area (Å²) in [6.07, 6.45) is 0.973. The van der Waals surface area contributed by atoms with Crippen molar-refractivity contribution < 1.29 is 0 Å². The fourth-order valence-electron chi connectivity index (χ4n) is 1.85. The van der Waals surface area contributed by atoms with Crippen LogP contribution in [0.25, 0.3) is 10.4 Å². The number of aromatic amines is 1.